The largest absolute Gasteiger partial charge is 0.385 e. The van der Waals surface area contributed by atoms with Crippen molar-refractivity contribution in [3.63, 3.8) is 0 Å². The predicted octanol–water partition coefficient (Wildman–Crippen LogP) is 1.70. The van der Waals surface area contributed by atoms with Gasteiger partial charge < -0.3 is 15.2 Å². The first kappa shape index (κ1) is 11.4. The van der Waals surface area contributed by atoms with Crippen LogP contribution in [0.15, 0.2) is 0 Å². The molecule has 2 atom stereocenters. The van der Waals surface area contributed by atoms with Crippen molar-refractivity contribution < 1.29 is 9.47 Å². The van der Waals surface area contributed by atoms with Crippen molar-refractivity contribution >= 4 is 0 Å². The Morgan fingerprint density at radius 3 is 2.60 bits per heavy atom. The van der Waals surface area contributed by atoms with E-state index in [1.54, 1.807) is 7.11 Å². The van der Waals surface area contributed by atoms with Gasteiger partial charge in [-0.3, -0.25) is 0 Å². The summed E-state index contributed by atoms with van der Waals surface area (Å²) in [6.07, 6.45) is 7.74. The molecule has 15 heavy (non-hydrogen) atoms. The molecule has 0 aromatic heterocycles. The van der Waals surface area contributed by atoms with Crippen molar-refractivity contribution in [2.24, 2.45) is 11.1 Å². The van der Waals surface area contributed by atoms with Crippen molar-refractivity contribution in [2.75, 3.05) is 20.3 Å². The van der Waals surface area contributed by atoms with E-state index in [9.17, 15) is 0 Å². The van der Waals surface area contributed by atoms with Gasteiger partial charge in [0.2, 0.25) is 0 Å². The molecule has 0 aliphatic heterocycles. The highest BCUT2D eigenvalue weighted by molar-refractivity contribution is 5.08. The maximum atomic E-state index is 6.13. The summed E-state index contributed by atoms with van der Waals surface area (Å²) in [6, 6.07) is 0.396. The summed E-state index contributed by atoms with van der Waals surface area (Å²) in [7, 11) is 1.73. The second kappa shape index (κ2) is 4.81. The van der Waals surface area contributed by atoms with Crippen molar-refractivity contribution in [3.05, 3.63) is 0 Å². The van der Waals surface area contributed by atoms with Gasteiger partial charge in [0.05, 0.1) is 6.10 Å². The van der Waals surface area contributed by atoms with Crippen LogP contribution in [0.25, 0.3) is 0 Å². The average Bonchev–Trinajstić information content (AvgIpc) is 2.74. The van der Waals surface area contributed by atoms with Crippen LogP contribution in [0, 0.1) is 5.41 Å². The van der Waals surface area contributed by atoms with Crippen molar-refractivity contribution in [3.8, 4) is 0 Å². The highest BCUT2D eigenvalue weighted by Gasteiger charge is 2.54. The fraction of sp³-hybridized carbons (Fsp3) is 1.00. The third-order valence-corrected chi connectivity index (χ3v) is 4.19. The molecule has 0 radical (unpaired) electrons. The molecule has 0 heterocycles. The van der Waals surface area contributed by atoms with E-state index in [0.29, 0.717) is 17.6 Å². The Labute approximate surface area is 92.3 Å². The Bertz CT molecular complexity index is 202. The number of hydrogen-bond donors (Lipinski definition) is 1. The summed E-state index contributed by atoms with van der Waals surface area (Å²) in [4.78, 5) is 0. The number of rotatable bonds is 5. The van der Waals surface area contributed by atoms with E-state index in [4.69, 9.17) is 15.2 Å². The maximum Gasteiger partial charge on any atom is 0.0661 e. The van der Waals surface area contributed by atoms with Crippen LogP contribution in [0.5, 0.6) is 0 Å². The zero-order valence-electron chi connectivity index (χ0n) is 9.71. The third kappa shape index (κ3) is 2.05. The molecule has 1 spiro atoms. The van der Waals surface area contributed by atoms with E-state index in [-0.39, 0.29) is 0 Å². The van der Waals surface area contributed by atoms with Gasteiger partial charge in [0, 0.05) is 31.8 Å². The van der Waals surface area contributed by atoms with Gasteiger partial charge in [-0.15, -0.1) is 0 Å². The first-order chi connectivity index (χ1) is 7.29. The standard InChI is InChI=1S/C12H23NO2/c1-14-7-4-8-15-11-9-10(13)12(11)5-2-3-6-12/h10-11H,2-9,13H2,1H3. The van der Waals surface area contributed by atoms with Gasteiger partial charge >= 0.3 is 0 Å². The zero-order valence-corrected chi connectivity index (χ0v) is 9.71. The second-order valence-electron chi connectivity index (χ2n) is 4.99. The second-order valence-corrected chi connectivity index (χ2v) is 4.99. The summed E-state index contributed by atoms with van der Waals surface area (Å²) in [6.45, 7) is 1.62. The monoisotopic (exact) mass is 213 g/mol. The molecule has 88 valence electrons. The number of methoxy groups -OCH3 is 1. The molecule has 3 heteroatoms. The SMILES string of the molecule is COCCCOC1CC(N)C12CCCC2. The van der Waals surface area contributed by atoms with E-state index in [0.717, 1.165) is 26.1 Å². The van der Waals surface area contributed by atoms with Crippen LogP contribution >= 0.6 is 0 Å². The van der Waals surface area contributed by atoms with Crippen molar-refractivity contribution in [1.29, 1.82) is 0 Å². The first-order valence-corrected chi connectivity index (χ1v) is 6.16. The molecular formula is C12H23NO2. The minimum atomic E-state index is 0.354. The lowest BCUT2D eigenvalue weighted by Gasteiger charge is -2.52. The van der Waals surface area contributed by atoms with Gasteiger partial charge in [-0.1, -0.05) is 12.8 Å². The van der Waals surface area contributed by atoms with Gasteiger partial charge in [0.25, 0.3) is 0 Å². The van der Waals surface area contributed by atoms with Crippen molar-refractivity contribution in [2.45, 2.75) is 50.7 Å². The van der Waals surface area contributed by atoms with Crippen LogP contribution in [0.3, 0.4) is 0 Å². The molecule has 2 unspecified atom stereocenters. The molecule has 0 saturated heterocycles. The first-order valence-electron chi connectivity index (χ1n) is 6.16. The van der Waals surface area contributed by atoms with Gasteiger partial charge in [-0.25, -0.2) is 0 Å². The summed E-state index contributed by atoms with van der Waals surface area (Å²) in [5.41, 5.74) is 6.49. The van der Waals surface area contributed by atoms with E-state index >= 15 is 0 Å². The minimum absolute atomic E-state index is 0.354. The Kier molecular flexibility index (Phi) is 3.65. The van der Waals surface area contributed by atoms with Crippen molar-refractivity contribution in [1.82, 2.24) is 0 Å². The van der Waals surface area contributed by atoms with Gasteiger partial charge in [0.1, 0.15) is 0 Å². The van der Waals surface area contributed by atoms with Gasteiger partial charge in [-0.2, -0.15) is 0 Å². The molecule has 0 bridgehead atoms. The molecule has 2 aliphatic carbocycles. The van der Waals surface area contributed by atoms with Gasteiger partial charge in [-0.05, 0) is 25.7 Å². The molecule has 2 N–H and O–H groups in total. The summed E-state index contributed by atoms with van der Waals surface area (Å²) < 4.78 is 10.9. The number of ether oxygens (including phenoxy) is 2. The topological polar surface area (TPSA) is 44.5 Å². The third-order valence-electron chi connectivity index (χ3n) is 4.19. The highest BCUT2D eigenvalue weighted by Crippen LogP contribution is 2.53. The Morgan fingerprint density at radius 1 is 1.27 bits per heavy atom. The molecule has 0 aromatic carbocycles. The van der Waals surface area contributed by atoms with E-state index < -0.39 is 0 Å². The lowest BCUT2D eigenvalue weighted by Crippen LogP contribution is -2.61. The Morgan fingerprint density at radius 2 is 2.00 bits per heavy atom. The van der Waals surface area contributed by atoms with Gasteiger partial charge in [0.15, 0.2) is 0 Å². The summed E-state index contributed by atoms with van der Waals surface area (Å²) >= 11 is 0. The van der Waals surface area contributed by atoms with E-state index in [1.165, 1.54) is 25.7 Å². The number of nitrogens with two attached hydrogens (primary N) is 1. The Balaban J connectivity index is 1.74. The maximum absolute atomic E-state index is 6.13. The zero-order chi connectivity index (χ0) is 10.7. The normalized spacial score (nSPS) is 33.2. The smallest absolute Gasteiger partial charge is 0.0661 e. The summed E-state index contributed by atoms with van der Waals surface area (Å²) in [5, 5.41) is 0. The highest BCUT2D eigenvalue weighted by atomic mass is 16.5. The number of hydrogen-bond acceptors (Lipinski definition) is 3. The molecule has 0 amide bonds. The lowest BCUT2D eigenvalue weighted by atomic mass is 9.61. The molecule has 2 rings (SSSR count). The molecule has 0 aromatic rings. The molecule has 3 nitrogen and oxygen atoms in total. The lowest BCUT2D eigenvalue weighted by molar-refractivity contribution is -0.125. The molecule has 2 saturated carbocycles. The van der Waals surface area contributed by atoms with Crippen LogP contribution in [-0.4, -0.2) is 32.5 Å². The quantitative estimate of drug-likeness (QED) is 0.707. The van der Waals surface area contributed by atoms with Crippen LogP contribution in [0.2, 0.25) is 0 Å². The predicted molar refractivity (Wildman–Crippen MR) is 59.7 cm³/mol. The molecule has 2 aliphatic rings. The fourth-order valence-electron chi connectivity index (χ4n) is 3.17. The van der Waals surface area contributed by atoms with E-state index in [2.05, 4.69) is 0 Å². The van der Waals surface area contributed by atoms with E-state index in [1.807, 2.05) is 0 Å². The fourth-order valence-corrected chi connectivity index (χ4v) is 3.17. The average molecular weight is 213 g/mol. The van der Waals surface area contributed by atoms with Crippen LogP contribution in [-0.2, 0) is 9.47 Å². The van der Waals surface area contributed by atoms with Crippen LogP contribution in [0.1, 0.15) is 38.5 Å². The molecular weight excluding hydrogens is 190 g/mol. The summed E-state index contributed by atoms with van der Waals surface area (Å²) in [5.74, 6) is 0. The molecule has 2 fully saturated rings. The van der Waals surface area contributed by atoms with Crippen LogP contribution in [0.4, 0.5) is 0 Å². The Hall–Kier alpha value is -0.120. The van der Waals surface area contributed by atoms with Crippen LogP contribution < -0.4 is 5.73 Å². The minimum Gasteiger partial charge on any atom is -0.385 e.